The largest absolute Gasteiger partial charge is 0.447 e. The molecular formula is C9H8FNO2S. The highest BCUT2D eigenvalue weighted by Crippen LogP contribution is 2.25. The molecule has 0 unspecified atom stereocenters. The van der Waals surface area contributed by atoms with E-state index >= 15 is 0 Å². The first-order chi connectivity index (χ1) is 6.75. The van der Waals surface area contributed by atoms with E-state index in [1.54, 1.807) is 12.1 Å². The van der Waals surface area contributed by atoms with Gasteiger partial charge in [-0.2, -0.15) is 0 Å². The highest BCUT2D eigenvalue weighted by molar-refractivity contribution is 7.97. The molecule has 0 N–H and O–H groups in total. The maximum atomic E-state index is 12.6. The van der Waals surface area contributed by atoms with Gasteiger partial charge in [-0.3, -0.25) is 0 Å². The van der Waals surface area contributed by atoms with Gasteiger partial charge >= 0.3 is 6.09 Å². The first-order valence-corrected chi connectivity index (χ1v) is 4.91. The first kappa shape index (κ1) is 9.33. The maximum Gasteiger partial charge on any atom is 0.420 e. The lowest BCUT2D eigenvalue weighted by molar-refractivity contribution is 0.171. The Hall–Kier alpha value is -1.23. The molecule has 0 aromatic heterocycles. The summed E-state index contributed by atoms with van der Waals surface area (Å²) in [6, 6.07) is 5.99. The van der Waals surface area contributed by atoms with Crippen LogP contribution in [-0.4, -0.2) is 23.6 Å². The van der Waals surface area contributed by atoms with Crippen molar-refractivity contribution in [1.82, 2.24) is 4.31 Å². The van der Waals surface area contributed by atoms with Gasteiger partial charge in [0.1, 0.15) is 12.4 Å². The Morgan fingerprint density at radius 2 is 2.07 bits per heavy atom. The lowest BCUT2D eigenvalue weighted by Crippen LogP contribution is -2.14. The van der Waals surface area contributed by atoms with E-state index in [-0.39, 0.29) is 11.9 Å². The number of carbonyl (C=O) groups is 1. The van der Waals surface area contributed by atoms with Crippen LogP contribution in [0.1, 0.15) is 0 Å². The molecule has 1 saturated heterocycles. The second kappa shape index (κ2) is 3.88. The summed E-state index contributed by atoms with van der Waals surface area (Å²) in [7, 11) is 0. The second-order valence-corrected chi connectivity index (χ2v) is 3.86. The zero-order chi connectivity index (χ0) is 9.97. The molecule has 0 bridgehead atoms. The SMILES string of the molecule is O=C1OCCN1Sc1ccc(F)cc1. The normalized spacial score (nSPS) is 15.8. The van der Waals surface area contributed by atoms with Gasteiger partial charge in [-0.25, -0.2) is 13.5 Å². The van der Waals surface area contributed by atoms with Gasteiger partial charge in [-0.05, 0) is 36.2 Å². The van der Waals surface area contributed by atoms with Crippen molar-refractivity contribution >= 4 is 18.0 Å². The van der Waals surface area contributed by atoms with Crippen LogP contribution in [0.25, 0.3) is 0 Å². The highest BCUT2D eigenvalue weighted by Gasteiger charge is 2.22. The Morgan fingerprint density at radius 3 is 2.64 bits per heavy atom. The number of amides is 1. The van der Waals surface area contributed by atoms with Gasteiger partial charge in [0.05, 0.1) is 6.54 Å². The van der Waals surface area contributed by atoms with Gasteiger partial charge < -0.3 is 4.74 Å². The molecule has 0 radical (unpaired) electrons. The molecule has 5 heteroatoms. The molecule has 0 spiro atoms. The number of cyclic esters (lactones) is 1. The van der Waals surface area contributed by atoms with E-state index in [0.29, 0.717) is 13.2 Å². The summed E-state index contributed by atoms with van der Waals surface area (Å²) in [5.41, 5.74) is 0. The molecule has 2 rings (SSSR count). The van der Waals surface area contributed by atoms with Crippen LogP contribution < -0.4 is 0 Å². The standard InChI is InChI=1S/C9H8FNO2S/c10-7-1-3-8(4-2-7)14-11-5-6-13-9(11)12/h1-4H,5-6H2. The highest BCUT2D eigenvalue weighted by atomic mass is 32.2. The number of halogens is 1. The third-order valence-corrected chi connectivity index (χ3v) is 2.79. The van der Waals surface area contributed by atoms with Crippen molar-refractivity contribution in [3.63, 3.8) is 0 Å². The van der Waals surface area contributed by atoms with Gasteiger partial charge in [0, 0.05) is 4.90 Å². The van der Waals surface area contributed by atoms with E-state index in [1.165, 1.54) is 28.4 Å². The van der Waals surface area contributed by atoms with Crippen LogP contribution in [0.2, 0.25) is 0 Å². The van der Waals surface area contributed by atoms with Crippen LogP contribution in [0.4, 0.5) is 9.18 Å². The van der Waals surface area contributed by atoms with E-state index in [4.69, 9.17) is 4.74 Å². The number of hydrogen-bond donors (Lipinski definition) is 0. The van der Waals surface area contributed by atoms with Crippen molar-refractivity contribution in [1.29, 1.82) is 0 Å². The molecule has 1 fully saturated rings. The minimum absolute atomic E-state index is 0.279. The molecule has 1 aromatic carbocycles. The number of nitrogens with zero attached hydrogens (tertiary/aromatic N) is 1. The smallest absolute Gasteiger partial charge is 0.420 e. The first-order valence-electron chi connectivity index (χ1n) is 4.13. The minimum atomic E-state index is -0.334. The van der Waals surface area contributed by atoms with Crippen LogP contribution in [0.3, 0.4) is 0 Å². The Morgan fingerprint density at radius 1 is 1.36 bits per heavy atom. The van der Waals surface area contributed by atoms with Gasteiger partial charge in [0.25, 0.3) is 0 Å². The maximum absolute atomic E-state index is 12.6. The Balaban J connectivity index is 2.03. The fourth-order valence-electron chi connectivity index (χ4n) is 1.08. The molecule has 0 aliphatic carbocycles. The van der Waals surface area contributed by atoms with Crippen LogP contribution >= 0.6 is 11.9 Å². The van der Waals surface area contributed by atoms with Crippen LogP contribution in [0.15, 0.2) is 29.2 Å². The topological polar surface area (TPSA) is 29.5 Å². The van der Waals surface area contributed by atoms with Gasteiger partial charge in [0.15, 0.2) is 0 Å². The molecule has 1 amide bonds. The second-order valence-electron chi connectivity index (χ2n) is 2.76. The quantitative estimate of drug-likeness (QED) is 0.706. The summed E-state index contributed by atoms with van der Waals surface area (Å²) in [4.78, 5) is 11.9. The van der Waals surface area contributed by atoms with Crippen molar-refractivity contribution in [2.24, 2.45) is 0 Å². The van der Waals surface area contributed by atoms with E-state index in [1.807, 2.05) is 0 Å². The van der Waals surface area contributed by atoms with Crippen molar-refractivity contribution in [2.75, 3.05) is 13.2 Å². The monoisotopic (exact) mass is 213 g/mol. The third-order valence-electron chi connectivity index (χ3n) is 1.75. The van der Waals surface area contributed by atoms with Gasteiger partial charge in [-0.1, -0.05) is 0 Å². The van der Waals surface area contributed by atoms with Gasteiger partial charge in [0.2, 0.25) is 0 Å². The number of ether oxygens (including phenoxy) is 1. The Kier molecular flexibility index (Phi) is 2.58. The third kappa shape index (κ3) is 1.98. The van der Waals surface area contributed by atoms with E-state index in [0.717, 1.165) is 4.90 Å². The van der Waals surface area contributed by atoms with Gasteiger partial charge in [-0.15, -0.1) is 0 Å². The minimum Gasteiger partial charge on any atom is -0.447 e. The number of rotatable bonds is 2. The van der Waals surface area contributed by atoms with Crippen molar-refractivity contribution in [2.45, 2.75) is 4.90 Å². The fourth-order valence-corrected chi connectivity index (χ4v) is 1.89. The molecule has 0 saturated carbocycles. The number of carbonyl (C=O) groups excluding carboxylic acids is 1. The predicted molar refractivity (Wildman–Crippen MR) is 50.3 cm³/mol. The number of hydrogen-bond acceptors (Lipinski definition) is 3. The van der Waals surface area contributed by atoms with Crippen molar-refractivity contribution in [3.8, 4) is 0 Å². The molecule has 1 aliphatic rings. The summed E-state index contributed by atoms with van der Waals surface area (Å²) in [6.07, 6.45) is -0.334. The van der Waals surface area contributed by atoms with Crippen LogP contribution in [-0.2, 0) is 4.74 Å². The zero-order valence-electron chi connectivity index (χ0n) is 7.27. The molecule has 1 heterocycles. The lowest BCUT2D eigenvalue weighted by atomic mass is 10.4. The molecule has 3 nitrogen and oxygen atoms in total. The summed E-state index contributed by atoms with van der Waals surface area (Å²) >= 11 is 1.26. The summed E-state index contributed by atoms with van der Waals surface area (Å²) in [5.74, 6) is -0.279. The average Bonchev–Trinajstić information content (AvgIpc) is 2.56. The molecule has 0 atom stereocenters. The van der Waals surface area contributed by atoms with E-state index in [9.17, 15) is 9.18 Å². The molecule has 1 aliphatic heterocycles. The van der Waals surface area contributed by atoms with Crippen LogP contribution in [0.5, 0.6) is 0 Å². The van der Waals surface area contributed by atoms with E-state index in [2.05, 4.69) is 0 Å². The van der Waals surface area contributed by atoms with Crippen molar-refractivity contribution in [3.05, 3.63) is 30.1 Å². The molecule has 14 heavy (non-hydrogen) atoms. The Labute approximate surface area is 85.0 Å². The average molecular weight is 213 g/mol. The number of benzene rings is 1. The van der Waals surface area contributed by atoms with Crippen molar-refractivity contribution < 1.29 is 13.9 Å². The summed E-state index contributed by atoms with van der Waals surface area (Å²) in [5, 5.41) is 0. The Bertz CT molecular complexity index is 341. The van der Waals surface area contributed by atoms with E-state index < -0.39 is 0 Å². The molecule has 74 valence electrons. The predicted octanol–water partition coefficient (Wildman–Crippen LogP) is 2.29. The van der Waals surface area contributed by atoms with Crippen LogP contribution in [0, 0.1) is 5.82 Å². The lowest BCUT2D eigenvalue weighted by Gasteiger charge is -2.10. The molecular weight excluding hydrogens is 205 g/mol. The summed E-state index contributed by atoms with van der Waals surface area (Å²) < 4.78 is 18.8. The summed E-state index contributed by atoms with van der Waals surface area (Å²) in [6.45, 7) is 0.994. The zero-order valence-corrected chi connectivity index (χ0v) is 8.09. The molecule has 1 aromatic rings. The fraction of sp³-hybridized carbons (Fsp3) is 0.222.